The van der Waals surface area contributed by atoms with Crippen LogP contribution in [0, 0.1) is 0 Å². The summed E-state index contributed by atoms with van der Waals surface area (Å²) in [6, 6.07) is 7.40. The highest BCUT2D eigenvalue weighted by atomic mass is 35.5. The third-order valence-corrected chi connectivity index (χ3v) is 4.25. The van der Waals surface area contributed by atoms with Gasteiger partial charge in [0.2, 0.25) is 5.91 Å². The maximum Gasteiger partial charge on any atom is 0.408 e. The minimum absolute atomic E-state index is 0. The van der Waals surface area contributed by atoms with Crippen LogP contribution in [0.3, 0.4) is 0 Å². The highest BCUT2D eigenvalue weighted by Crippen LogP contribution is 2.20. The predicted octanol–water partition coefficient (Wildman–Crippen LogP) is 1.51. The van der Waals surface area contributed by atoms with Crippen molar-refractivity contribution in [1.82, 2.24) is 15.5 Å². The van der Waals surface area contributed by atoms with E-state index in [1.807, 2.05) is 0 Å². The van der Waals surface area contributed by atoms with Crippen LogP contribution < -0.4 is 10.6 Å². The quantitative estimate of drug-likeness (QED) is 0.669. The lowest BCUT2D eigenvalue weighted by Crippen LogP contribution is -2.47. The Hall–Kier alpha value is -2.81. The standard InChI is InChI=1S/C20H27N3O6.ClH/c1-20(2,3)29-19(27)21-11-16(24)23-12-14(10-15(23)18(26)28-4)22-17(25)13-8-6-5-7-9-13;/h5-9,14-15H,10-12H2,1-4H3,(H,21,27)(H,22,25);1H/t14-,15+;/m1./s1. The van der Waals surface area contributed by atoms with Crippen LogP contribution in [0.1, 0.15) is 37.6 Å². The van der Waals surface area contributed by atoms with Crippen molar-refractivity contribution >= 4 is 36.3 Å². The van der Waals surface area contributed by atoms with Gasteiger partial charge < -0.3 is 25.0 Å². The number of methoxy groups -OCH3 is 1. The minimum Gasteiger partial charge on any atom is -0.467 e. The Morgan fingerprint density at radius 3 is 2.33 bits per heavy atom. The van der Waals surface area contributed by atoms with Crippen molar-refractivity contribution in [3.63, 3.8) is 0 Å². The highest BCUT2D eigenvalue weighted by molar-refractivity contribution is 5.94. The summed E-state index contributed by atoms with van der Waals surface area (Å²) < 4.78 is 9.89. The molecule has 0 radical (unpaired) electrons. The molecule has 2 N–H and O–H groups in total. The number of halogens is 1. The van der Waals surface area contributed by atoms with E-state index < -0.39 is 35.7 Å². The Morgan fingerprint density at radius 2 is 1.77 bits per heavy atom. The second-order valence-electron chi connectivity index (χ2n) is 7.71. The number of likely N-dealkylation sites (tertiary alicyclic amines) is 1. The zero-order valence-corrected chi connectivity index (χ0v) is 18.3. The molecule has 1 aliphatic heterocycles. The van der Waals surface area contributed by atoms with Gasteiger partial charge in [0.15, 0.2) is 0 Å². The molecule has 3 amide bonds. The van der Waals surface area contributed by atoms with Gasteiger partial charge in [-0.3, -0.25) is 9.59 Å². The zero-order valence-electron chi connectivity index (χ0n) is 17.5. The van der Waals surface area contributed by atoms with Crippen LogP contribution in [-0.4, -0.2) is 66.7 Å². The number of nitrogens with zero attached hydrogens (tertiary/aromatic N) is 1. The van der Waals surface area contributed by atoms with Crippen LogP contribution in [0.2, 0.25) is 0 Å². The van der Waals surface area contributed by atoms with Crippen molar-refractivity contribution < 1.29 is 28.7 Å². The van der Waals surface area contributed by atoms with E-state index in [1.54, 1.807) is 51.1 Å². The van der Waals surface area contributed by atoms with E-state index in [9.17, 15) is 19.2 Å². The first-order chi connectivity index (χ1) is 13.6. The molecule has 30 heavy (non-hydrogen) atoms. The number of alkyl carbamates (subject to hydrolysis) is 1. The molecule has 9 nitrogen and oxygen atoms in total. The summed E-state index contributed by atoms with van der Waals surface area (Å²) in [6.07, 6.45) is -0.503. The van der Waals surface area contributed by atoms with E-state index in [2.05, 4.69) is 10.6 Å². The molecule has 0 spiro atoms. The van der Waals surface area contributed by atoms with Crippen molar-refractivity contribution in [2.75, 3.05) is 20.2 Å². The third kappa shape index (κ3) is 7.22. The van der Waals surface area contributed by atoms with Gasteiger partial charge in [-0.05, 0) is 32.9 Å². The molecule has 1 aliphatic rings. The second kappa shape index (κ2) is 10.8. The number of rotatable bonds is 5. The molecular weight excluding hydrogens is 414 g/mol. The Kier molecular flexibility index (Phi) is 9.10. The van der Waals surface area contributed by atoms with Crippen molar-refractivity contribution in [3.8, 4) is 0 Å². The van der Waals surface area contributed by atoms with Crippen LogP contribution in [0.25, 0.3) is 0 Å². The van der Waals surface area contributed by atoms with Gasteiger partial charge in [0, 0.05) is 24.6 Å². The van der Waals surface area contributed by atoms with E-state index in [0.717, 1.165) is 0 Å². The van der Waals surface area contributed by atoms with Crippen LogP contribution in [-0.2, 0) is 19.1 Å². The van der Waals surface area contributed by atoms with Gasteiger partial charge in [-0.15, -0.1) is 12.4 Å². The molecule has 1 aromatic rings. The van der Waals surface area contributed by atoms with Crippen LogP contribution in [0.15, 0.2) is 30.3 Å². The van der Waals surface area contributed by atoms with Crippen LogP contribution in [0.4, 0.5) is 4.79 Å². The van der Waals surface area contributed by atoms with Gasteiger partial charge in [0.05, 0.1) is 7.11 Å². The van der Waals surface area contributed by atoms with Gasteiger partial charge in [0.1, 0.15) is 18.2 Å². The number of ether oxygens (including phenoxy) is 2. The topological polar surface area (TPSA) is 114 Å². The molecule has 0 saturated carbocycles. The Labute approximate surface area is 181 Å². The Bertz CT molecular complexity index is 766. The van der Waals surface area contributed by atoms with Crippen molar-refractivity contribution in [2.24, 2.45) is 0 Å². The first kappa shape index (κ1) is 25.2. The smallest absolute Gasteiger partial charge is 0.408 e. The number of benzene rings is 1. The summed E-state index contributed by atoms with van der Waals surface area (Å²) in [7, 11) is 1.24. The number of carbonyl (C=O) groups is 4. The van der Waals surface area contributed by atoms with E-state index in [4.69, 9.17) is 9.47 Å². The lowest BCUT2D eigenvalue weighted by atomic mass is 10.1. The van der Waals surface area contributed by atoms with Gasteiger partial charge in [-0.2, -0.15) is 0 Å². The molecule has 0 aliphatic carbocycles. The molecular formula is C20H28ClN3O6. The average molecular weight is 442 g/mol. The predicted molar refractivity (Wildman–Crippen MR) is 111 cm³/mol. The fourth-order valence-electron chi connectivity index (χ4n) is 3.00. The van der Waals surface area contributed by atoms with Gasteiger partial charge in [-0.1, -0.05) is 18.2 Å². The fraction of sp³-hybridized carbons (Fsp3) is 0.500. The average Bonchev–Trinajstić information content (AvgIpc) is 3.08. The van der Waals surface area contributed by atoms with Crippen LogP contribution in [0.5, 0.6) is 0 Å². The Balaban J connectivity index is 0.00000450. The van der Waals surface area contributed by atoms with E-state index in [1.165, 1.54) is 12.0 Å². The molecule has 166 valence electrons. The highest BCUT2D eigenvalue weighted by Gasteiger charge is 2.41. The number of amides is 3. The summed E-state index contributed by atoms with van der Waals surface area (Å²) in [5, 5.41) is 5.22. The molecule has 0 bridgehead atoms. The lowest BCUT2D eigenvalue weighted by Gasteiger charge is -2.23. The van der Waals surface area contributed by atoms with Gasteiger partial charge in [-0.25, -0.2) is 9.59 Å². The number of carbonyl (C=O) groups excluding carboxylic acids is 4. The SMILES string of the molecule is COC(=O)[C@@H]1C[C@@H](NC(=O)c2ccccc2)CN1C(=O)CNC(=O)OC(C)(C)C.Cl. The summed E-state index contributed by atoms with van der Waals surface area (Å²) in [6.45, 7) is 4.93. The second-order valence-corrected chi connectivity index (χ2v) is 7.71. The summed E-state index contributed by atoms with van der Waals surface area (Å²) in [5.41, 5.74) is -0.208. The summed E-state index contributed by atoms with van der Waals surface area (Å²) in [4.78, 5) is 50.1. The van der Waals surface area contributed by atoms with Crippen LogP contribution >= 0.6 is 12.4 Å². The number of hydrogen-bond acceptors (Lipinski definition) is 6. The van der Waals surface area contributed by atoms with E-state index in [0.29, 0.717) is 5.56 Å². The summed E-state index contributed by atoms with van der Waals surface area (Å²) in [5.74, 6) is -1.34. The number of hydrogen-bond donors (Lipinski definition) is 2. The molecule has 0 unspecified atom stereocenters. The lowest BCUT2D eigenvalue weighted by molar-refractivity contribution is -0.150. The molecule has 1 aromatic carbocycles. The summed E-state index contributed by atoms with van der Waals surface area (Å²) >= 11 is 0. The molecule has 2 rings (SSSR count). The largest absolute Gasteiger partial charge is 0.467 e. The Morgan fingerprint density at radius 1 is 1.13 bits per heavy atom. The maximum atomic E-state index is 12.6. The monoisotopic (exact) mass is 441 g/mol. The normalized spacial score (nSPS) is 18.1. The first-order valence-electron chi connectivity index (χ1n) is 9.31. The van der Waals surface area contributed by atoms with Gasteiger partial charge >= 0.3 is 12.1 Å². The third-order valence-electron chi connectivity index (χ3n) is 4.25. The van der Waals surface area contributed by atoms with Gasteiger partial charge in [0.25, 0.3) is 5.91 Å². The molecule has 1 heterocycles. The minimum atomic E-state index is -0.839. The van der Waals surface area contributed by atoms with Crippen molar-refractivity contribution in [3.05, 3.63) is 35.9 Å². The number of nitrogens with one attached hydrogen (secondary N) is 2. The molecule has 1 fully saturated rings. The molecule has 1 saturated heterocycles. The first-order valence-corrected chi connectivity index (χ1v) is 9.31. The number of esters is 1. The zero-order chi connectivity index (χ0) is 21.6. The fourth-order valence-corrected chi connectivity index (χ4v) is 3.00. The van der Waals surface area contributed by atoms with E-state index in [-0.39, 0.29) is 37.8 Å². The molecule has 0 aromatic heterocycles. The molecule has 10 heteroatoms. The van der Waals surface area contributed by atoms with Crippen molar-refractivity contribution in [2.45, 2.75) is 44.9 Å². The molecule has 2 atom stereocenters. The maximum absolute atomic E-state index is 12.6. The van der Waals surface area contributed by atoms with E-state index >= 15 is 0 Å². The van der Waals surface area contributed by atoms with Crippen molar-refractivity contribution in [1.29, 1.82) is 0 Å².